The molecule has 36 heavy (non-hydrogen) atoms. The summed E-state index contributed by atoms with van der Waals surface area (Å²) >= 11 is 0. The van der Waals surface area contributed by atoms with Gasteiger partial charge in [0.05, 0.1) is 24.7 Å². The van der Waals surface area contributed by atoms with Crippen molar-refractivity contribution in [2.24, 2.45) is 0 Å². The predicted octanol–water partition coefficient (Wildman–Crippen LogP) is 3.64. The van der Waals surface area contributed by atoms with E-state index in [0.717, 1.165) is 17.3 Å². The quantitative estimate of drug-likeness (QED) is 0.286. The van der Waals surface area contributed by atoms with Gasteiger partial charge in [0.1, 0.15) is 5.75 Å². The first-order valence-corrected chi connectivity index (χ1v) is 12.8. The molecule has 0 aliphatic rings. The Bertz CT molecular complexity index is 1570. The number of ether oxygens (including phenoxy) is 2. The molecular weight excluding hydrogens is 482 g/mol. The number of hydrogen-bond acceptors (Lipinski definition) is 7. The minimum atomic E-state index is -3.31. The van der Waals surface area contributed by atoms with Crippen LogP contribution < -0.4 is 14.8 Å². The number of fused-ring (bicyclic) bond motifs is 1. The Morgan fingerprint density at radius 3 is 2.36 bits per heavy atom. The lowest BCUT2D eigenvalue weighted by molar-refractivity contribution is -0.112. The van der Waals surface area contributed by atoms with Crippen LogP contribution in [-0.4, -0.2) is 50.1 Å². The van der Waals surface area contributed by atoms with Gasteiger partial charge in [0.15, 0.2) is 9.84 Å². The lowest BCUT2D eigenvalue weighted by Crippen LogP contribution is -2.23. The van der Waals surface area contributed by atoms with E-state index in [4.69, 9.17) is 9.47 Å². The standard InChI is InChI=1S/C26H25N3O6S/c1-16-24(25(30)26(31)28-18-11-12-27-23(13-18)35-3)21-14-19(34-2)7-10-22(21)29(16)15-17-5-8-20(9-6-17)36(4,32)33/h5-14H,15H2,1-4H3,(H,27,28,31). The predicted molar refractivity (Wildman–Crippen MR) is 136 cm³/mol. The summed E-state index contributed by atoms with van der Waals surface area (Å²) in [5, 5.41) is 3.18. The number of benzene rings is 2. The van der Waals surface area contributed by atoms with Gasteiger partial charge >= 0.3 is 0 Å². The normalized spacial score (nSPS) is 11.3. The Hall–Kier alpha value is -4.18. The second kappa shape index (κ2) is 9.82. The van der Waals surface area contributed by atoms with E-state index in [0.29, 0.717) is 34.9 Å². The van der Waals surface area contributed by atoms with Gasteiger partial charge in [-0.25, -0.2) is 13.4 Å². The molecule has 10 heteroatoms. The van der Waals surface area contributed by atoms with Crippen LogP contribution in [0.1, 0.15) is 21.6 Å². The molecule has 0 aliphatic heterocycles. The van der Waals surface area contributed by atoms with Gasteiger partial charge in [-0.05, 0) is 48.9 Å². The van der Waals surface area contributed by atoms with Gasteiger partial charge in [0, 0.05) is 47.3 Å². The van der Waals surface area contributed by atoms with Crippen LogP contribution in [0.2, 0.25) is 0 Å². The van der Waals surface area contributed by atoms with Gasteiger partial charge in [0.2, 0.25) is 5.88 Å². The number of hydrogen-bond donors (Lipinski definition) is 1. The smallest absolute Gasteiger partial charge is 0.296 e. The molecule has 0 atom stereocenters. The Balaban J connectivity index is 1.74. The summed E-state index contributed by atoms with van der Waals surface area (Å²) in [5.74, 6) is -0.649. The van der Waals surface area contributed by atoms with E-state index in [-0.39, 0.29) is 10.5 Å². The fraction of sp³-hybridized carbons (Fsp3) is 0.192. The Labute approximate surface area is 208 Å². The van der Waals surface area contributed by atoms with Crippen LogP contribution in [0.3, 0.4) is 0 Å². The summed E-state index contributed by atoms with van der Waals surface area (Å²) in [7, 11) is -0.327. The highest BCUT2D eigenvalue weighted by atomic mass is 32.2. The molecule has 0 spiro atoms. The molecule has 2 aromatic heterocycles. The Morgan fingerprint density at radius 1 is 1.00 bits per heavy atom. The zero-order chi connectivity index (χ0) is 26.0. The zero-order valence-electron chi connectivity index (χ0n) is 20.2. The monoisotopic (exact) mass is 507 g/mol. The van der Waals surface area contributed by atoms with Crippen LogP contribution >= 0.6 is 0 Å². The summed E-state index contributed by atoms with van der Waals surface area (Å²) in [6, 6.07) is 15.0. The van der Waals surface area contributed by atoms with Crippen LogP contribution in [0, 0.1) is 6.92 Å². The lowest BCUT2D eigenvalue weighted by Gasteiger charge is -2.10. The number of Topliss-reactive ketones (excluding diaryl/α,β-unsaturated/α-hetero) is 1. The molecule has 0 fully saturated rings. The SMILES string of the molecule is COc1ccc2c(c1)c(C(=O)C(=O)Nc1ccnc(OC)c1)c(C)n2Cc1ccc(S(C)(=O)=O)cc1. The maximum Gasteiger partial charge on any atom is 0.296 e. The van der Waals surface area contributed by atoms with E-state index in [1.54, 1.807) is 49.4 Å². The molecule has 9 nitrogen and oxygen atoms in total. The molecule has 2 aromatic carbocycles. The summed E-state index contributed by atoms with van der Waals surface area (Å²) in [6.07, 6.45) is 2.62. The largest absolute Gasteiger partial charge is 0.497 e. The number of carbonyl (C=O) groups excluding carboxylic acids is 2. The van der Waals surface area contributed by atoms with Crippen LogP contribution in [0.15, 0.2) is 65.7 Å². The minimum Gasteiger partial charge on any atom is -0.497 e. The van der Waals surface area contributed by atoms with E-state index in [1.165, 1.54) is 26.5 Å². The van der Waals surface area contributed by atoms with Crippen LogP contribution in [0.5, 0.6) is 11.6 Å². The topological polar surface area (TPSA) is 117 Å². The van der Waals surface area contributed by atoms with Gasteiger partial charge in [-0.15, -0.1) is 0 Å². The van der Waals surface area contributed by atoms with Gasteiger partial charge in [0.25, 0.3) is 11.7 Å². The maximum atomic E-state index is 13.4. The molecule has 1 N–H and O–H groups in total. The van der Waals surface area contributed by atoms with Crippen molar-refractivity contribution in [3.63, 3.8) is 0 Å². The molecule has 186 valence electrons. The first-order chi connectivity index (χ1) is 17.1. The molecule has 0 bridgehead atoms. The van der Waals surface area contributed by atoms with Crippen molar-refractivity contribution in [3.05, 3.63) is 77.6 Å². The number of ketones is 1. The van der Waals surface area contributed by atoms with E-state index in [9.17, 15) is 18.0 Å². The number of nitrogens with one attached hydrogen (secondary N) is 1. The molecule has 1 amide bonds. The van der Waals surface area contributed by atoms with Gasteiger partial charge in [-0.2, -0.15) is 0 Å². The molecule has 0 aliphatic carbocycles. The Morgan fingerprint density at radius 2 is 1.72 bits per heavy atom. The van der Waals surface area contributed by atoms with Gasteiger partial charge < -0.3 is 19.4 Å². The lowest BCUT2D eigenvalue weighted by atomic mass is 10.1. The third-order valence-corrected chi connectivity index (χ3v) is 6.99. The third-order valence-electron chi connectivity index (χ3n) is 5.86. The van der Waals surface area contributed by atoms with Crippen molar-refractivity contribution in [2.45, 2.75) is 18.4 Å². The van der Waals surface area contributed by atoms with Crippen molar-refractivity contribution in [2.75, 3.05) is 25.8 Å². The number of sulfone groups is 1. The third kappa shape index (κ3) is 4.94. The second-order valence-corrected chi connectivity index (χ2v) is 10.2. The van der Waals surface area contributed by atoms with Crippen molar-refractivity contribution in [3.8, 4) is 11.6 Å². The average Bonchev–Trinajstić information content (AvgIpc) is 3.13. The van der Waals surface area contributed by atoms with Crippen molar-refractivity contribution < 1.29 is 27.5 Å². The van der Waals surface area contributed by atoms with E-state index in [2.05, 4.69) is 10.3 Å². The van der Waals surface area contributed by atoms with E-state index < -0.39 is 21.5 Å². The molecule has 4 aromatic rings. The molecule has 0 saturated heterocycles. The number of methoxy groups -OCH3 is 2. The number of nitrogens with zero attached hydrogens (tertiary/aromatic N) is 2. The average molecular weight is 508 g/mol. The number of carbonyl (C=O) groups is 2. The number of pyridine rings is 1. The summed E-state index contributed by atoms with van der Waals surface area (Å²) in [6.45, 7) is 2.14. The summed E-state index contributed by atoms with van der Waals surface area (Å²) in [5.41, 5.74) is 2.81. The first-order valence-electron chi connectivity index (χ1n) is 10.9. The molecule has 0 saturated carbocycles. The number of anilines is 1. The molecule has 2 heterocycles. The van der Waals surface area contributed by atoms with Crippen LogP contribution in [0.25, 0.3) is 10.9 Å². The molecule has 4 rings (SSSR count). The first kappa shape index (κ1) is 24.9. The fourth-order valence-corrected chi connectivity index (χ4v) is 4.63. The highest BCUT2D eigenvalue weighted by Gasteiger charge is 2.26. The fourth-order valence-electron chi connectivity index (χ4n) is 4.00. The van der Waals surface area contributed by atoms with Gasteiger partial charge in [-0.3, -0.25) is 9.59 Å². The number of amides is 1. The summed E-state index contributed by atoms with van der Waals surface area (Å²) in [4.78, 5) is 30.5. The molecule has 0 unspecified atom stereocenters. The zero-order valence-corrected chi connectivity index (χ0v) is 21.0. The second-order valence-electron chi connectivity index (χ2n) is 8.22. The number of rotatable bonds is 8. The van der Waals surface area contributed by atoms with Gasteiger partial charge in [-0.1, -0.05) is 12.1 Å². The summed E-state index contributed by atoms with van der Waals surface area (Å²) < 4.78 is 35.9. The van der Waals surface area contributed by atoms with Crippen LogP contribution in [0.4, 0.5) is 5.69 Å². The van der Waals surface area contributed by atoms with Crippen LogP contribution in [-0.2, 0) is 21.2 Å². The minimum absolute atomic E-state index is 0.227. The maximum absolute atomic E-state index is 13.4. The Kier molecular flexibility index (Phi) is 6.80. The van der Waals surface area contributed by atoms with Crippen molar-refractivity contribution in [1.82, 2.24) is 9.55 Å². The van der Waals surface area contributed by atoms with E-state index >= 15 is 0 Å². The highest BCUT2D eigenvalue weighted by molar-refractivity contribution is 7.90. The van der Waals surface area contributed by atoms with Crippen molar-refractivity contribution >= 4 is 38.1 Å². The highest BCUT2D eigenvalue weighted by Crippen LogP contribution is 2.31. The molecule has 0 radical (unpaired) electrons. The molecular formula is C26H25N3O6S. The van der Waals surface area contributed by atoms with Crippen molar-refractivity contribution in [1.29, 1.82) is 0 Å². The van der Waals surface area contributed by atoms with E-state index in [1.807, 2.05) is 10.6 Å². The number of aromatic nitrogens is 2.